The van der Waals surface area contributed by atoms with E-state index in [1.54, 1.807) is 7.11 Å². The Morgan fingerprint density at radius 1 is 0.635 bits per heavy atom. The standard InChI is InChI=1S/C42H62O10/c1-23-8-12-32-25(3)34(45-37-41(32)30(23)16-18-39(5,47-37)49-51-41)14-10-27-20-29(22-43)36(44-7)21-28(27)11-15-35-26(4)33-13-9-24(2)31-17-19-40(6)48-38(46-35)42(31,33)52-50-40/h20-21,23-26,30-35,37-38,43H,8-19,22H2,1-7H3/t23-,24-,25-,26-,30+,31+,32+,33+,34-,35-,37-,38-,39+,40+,41-,42-/m1/s1. The molecule has 1 aromatic rings. The van der Waals surface area contributed by atoms with Crippen LogP contribution in [0.2, 0.25) is 0 Å². The number of hydrogen-bond acceptors (Lipinski definition) is 10. The molecule has 4 bridgehead atoms. The number of ether oxygens (including phenoxy) is 5. The maximum Gasteiger partial charge on any atom is 0.201 e. The van der Waals surface area contributed by atoms with Crippen molar-refractivity contribution in [1.29, 1.82) is 0 Å². The number of aryl methyl sites for hydroxylation is 2. The topological polar surface area (TPSA) is 103 Å². The number of fused-ring (bicyclic) bond motifs is 4. The van der Waals surface area contributed by atoms with Crippen molar-refractivity contribution in [2.45, 2.75) is 173 Å². The van der Waals surface area contributed by atoms with Crippen LogP contribution in [-0.2, 0) is 57.9 Å². The van der Waals surface area contributed by atoms with E-state index in [0.29, 0.717) is 35.5 Å². The summed E-state index contributed by atoms with van der Waals surface area (Å²) in [6.07, 6.45) is 10.8. The number of aliphatic hydroxyl groups excluding tert-OH is 1. The minimum Gasteiger partial charge on any atom is -0.496 e. The highest BCUT2D eigenvalue weighted by Gasteiger charge is 2.70. The zero-order chi connectivity index (χ0) is 36.2. The summed E-state index contributed by atoms with van der Waals surface area (Å²) >= 11 is 0. The van der Waals surface area contributed by atoms with Crippen LogP contribution >= 0.6 is 0 Å². The summed E-state index contributed by atoms with van der Waals surface area (Å²) in [6.45, 7) is 13.3. The predicted molar refractivity (Wildman–Crippen MR) is 189 cm³/mol. The molecule has 8 saturated heterocycles. The van der Waals surface area contributed by atoms with E-state index in [9.17, 15) is 5.11 Å². The molecular formula is C42H62O10. The van der Waals surface area contributed by atoms with Crippen LogP contribution in [0.3, 0.4) is 0 Å². The van der Waals surface area contributed by atoms with Gasteiger partial charge in [0.25, 0.3) is 0 Å². The largest absolute Gasteiger partial charge is 0.496 e. The quantitative estimate of drug-likeness (QED) is 0.270. The molecule has 0 aromatic heterocycles. The Morgan fingerprint density at radius 2 is 1.12 bits per heavy atom. The number of hydrogen-bond donors (Lipinski definition) is 1. The van der Waals surface area contributed by atoms with Gasteiger partial charge in [-0.15, -0.1) is 0 Å². The molecule has 0 amide bonds. The van der Waals surface area contributed by atoms with Crippen LogP contribution < -0.4 is 4.74 Å². The highest BCUT2D eigenvalue weighted by Crippen LogP contribution is 2.62. The molecule has 10 fully saturated rings. The van der Waals surface area contributed by atoms with E-state index >= 15 is 0 Å². The molecule has 10 aliphatic rings. The Bertz CT molecular complexity index is 1400. The lowest BCUT2D eigenvalue weighted by atomic mass is 9.57. The van der Waals surface area contributed by atoms with Crippen molar-refractivity contribution in [2.75, 3.05) is 7.11 Å². The molecule has 2 saturated carbocycles. The second-order valence-corrected chi connectivity index (χ2v) is 18.6. The Balaban J connectivity index is 0.950. The minimum absolute atomic E-state index is 0.0136. The van der Waals surface area contributed by atoms with Gasteiger partial charge >= 0.3 is 0 Å². The molecule has 10 nitrogen and oxygen atoms in total. The van der Waals surface area contributed by atoms with Gasteiger partial charge in [0.2, 0.25) is 11.6 Å². The second-order valence-electron chi connectivity index (χ2n) is 18.6. The van der Waals surface area contributed by atoms with Gasteiger partial charge in [-0.05, 0) is 137 Å². The molecule has 0 unspecified atom stereocenters. The van der Waals surface area contributed by atoms with Crippen LogP contribution in [0.25, 0.3) is 0 Å². The highest BCUT2D eigenvalue weighted by molar-refractivity contribution is 5.43. The molecule has 16 atom stereocenters. The molecule has 11 rings (SSSR count). The molecule has 0 radical (unpaired) electrons. The molecule has 52 heavy (non-hydrogen) atoms. The van der Waals surface area contributed by atoms with Crippen molar-refractivity contribution >= 4 is 0 Å². The summed E-state index contributed by atoms with van der Waals surface area (Å²) in [5, 5.41) is 10.4. The molecule has 290 valence electrons. The molecule has 2 spiro atoms. The second kappa shape index (κ2) is 13.1. The normalized spacial score (nSPS) is 50.5. The summed E-state index contributed by atoms with van der Waals surface area (Å²) in [7, 11) is 1.68. The van der Waals surface area contributed by atoms with E-state index in [1.165, 1.54) is 24.0 Å². The zero-order valence-electron chi connectivity index (χ0n) is 32.4. The summed E-state index contributed by atoms with van der Waals surface area (Å²) in [5.74, 6) is 2.13. The predicted octanol–water partition coefficient (Wildman–Crippen LogP) is 7.55. The molecule has 8 heterocycles. The van der Waals surface area contributed by atoms with Gasteiger partial charge in [-0.3, -0.25) is 0 Å². The van der Waals surface area contributed by atoms with Gasteiger partial charge in [0, 0.05) is 30.2 Å². The van der Waals surface area contributed by atoms with Gasteiger partial charge in [0.1, 0.15) is 5.75 Å². The van der Waals surface area contributed by atoms with E-state index in [0.717, 1.165) is 75.5 Å². The lowest BCUT2D eigenvalue weighted by Crippen LogP contribution is -2.70. The Hall–Kier alpha value is -1.34. The fraction of sp³-hybridized carbons (Fsp3) is 0.857. The zero-order valence-corrected chi connectivity index (χ0v) is 32.4. The number of benzene rings is 1. The van der Waals surface area contributed by atoms with Crippen LogP contribution in [0, 0.1) is 47.3 Å². The Kier molecular flexibility index (Phi) is 9.16. The molecule has 2 aliphatic carbocycles. The first-order valence-electron chi connectivity index (χ1n) is 20.6. The minimum atomic E-state index is -0.783. The van der Waals surface area contributed by atoms with E-state index < -0.39 is 35.4 Å². The van der Waals surface area contributed by atoms with E-state index in [1.807, 2.05) is 13.8 Å². The third-order valence-electron chi connectivity index (χ3n) is 15.8. The number of methoxy groups -OCH3 is 1. The van der Waals surface area contributed by atoms with E-state index in [4.69, 9.17) is 43.2 Å². The first kappa shape index (κ1) is 36.3. The molecule has 8 aliphatic heterocycles. The first-order valence-corrected chi connectivity index (χ1v) is 20.6. The van der Waals surface area contributed by atoms with E-state index in [-0.39, 0.29) is 30.7 Å². The fourth-order valence-electron chi connectivity index (χ4n) is 12.7. The summed E-state index contributed by atoms with van der Waals surface area (Å²) in [4.78, 5) is 24.9. The lowest BCUT2D eigenvalue weighted by molar-refractivity contribution is -0.571. The summed E-state index contributed by atoms with van der Waals surface area (Å²) < 4.78 is 33.1. The van der Waals surface area contributed by atoms with Crippen molar-refractivity contribution in [2.24, 2.45) is 47.3 Å². The van der Waals surface area contributed by atoms with Crippen molar-refractivity contribution < 1.29 is 48.3 Å². The fourth-order valence-corrected chi connectivity index (χ4v) is 12.7. The average molecular weight is 727 g/mol. The highest BCUT2D eigenvalue weighted by atomic mass is 17.3. The van der Waals surface area contributed by atoms with Crippen LogP contribution in [-0.4, -0.2) is 59.8 Å². The van der Waals surface area contributed by atoms with Crippen LogP contribution in [0.5, 0.6) is 5.75 Å². The Labute approximate surface area is 309 Å². The smallest absolute Gasteiger partial charge is 0.201 e. The van der Waals surface area contributed by atoms with Gasteiger partial charge < -0.3 is 28.8 Å². The molecule has 10 heteroatoms. The summed E-state index contributed by atoms with van der Waals surface area (Å²) in [5.41, 5.74) is 2.16. The SMILES string of the molecule is COc1cc(CC[C@H]2O[C@@H]3O[C@]4(C)CC[C@H]5[C@H](C)CC[C@@H]([C@H]2C)[C@@]35OO4)c(CC[C@H]2O[C@@H]3O[C@]4(C)CC[C@H]5[C@H](C)CC[C@@H]([C@H]2C)[C@@]35OO4)cc1CO. The first-order chi connectivity index (χ1) is 24.9. The van der Waals surface area contributed by atoms with Gasteiger partial charge in [0.05, 0.1) is 25.9 Å². The number of rotatable bonds is 8. The molecule has 1 N–H and O–H groups in total. The maximum absolute atomic E-state index is 10.4. The average Bonchev–Trinajstić information content (AvgIpc) is 3.51. The molecule has 1 aromatic carbocycles. The van der Waals surface area contributed by atoms with Crippen LogP contribution in [0.4, 0.5) is 0 Å². The van der Waals surface area contributed by atoms with Crippen LogP contribution in [0.1, 0.15) is 122 Å². The van der Waals surface area contributed by atoms with Crippen molar-refractivity contribution in [1.82, 2.24) is 0 Å². The Morgan fingerprint density at radius 3 is 1.58 bits per heavy atom. The summed E-state index contributed by atoms with van der Waals surface area (Å²) in [6, 6.07) is 4.29. The van der Waals surface area contributed by atoms with Gasteiger partial charge in [0.15, 0.2) is 23.8 Å². The lowest BCUT2D eigenvalue weighted by Gasteiger charge is -2.60. The van der Waals surface area contributed by atoms with Gasteiger partial charge in [-0.1, -0.05) is 27.7 Å². The molecular weight excluding hydrogens is 664 g/mol. The van der Waals surface area contributed by atoms with E-state index in [2.05, 4.69) is 39.8 Å². The number of aliphatic hydroxyl groups is 1. The monoisotopic (exact) mass is 726 g/mol. The van der Waals surface area contributed by atoms with Gasteiger partial charge in [-0.25, -0.2) is 19.6 Å². The third-order valence-corrected chi connectivity index (χ3v) is 15.8. The van der Waals surface area contributed by atoms with Crippen molar-refractivity contribution in [3.05, 3.63) is 28.8 Å². The maximum atomic E-state index is 10.4. The van der Waals surface area contributed by atoms with Crippen LogP contribution in [0.15, 0.2) is 12.1 Å². The van der Waals surface area contributed by atoms with Crippen molar-refractivity contribution in [3.63, 3.8) is 0 Å². The van der Waals surface area contributed by atoms with Gasteiger partial charge in [-0.2, -0.15) is 0 Å². The van der Waals surface area contributed by atoms with Crippen molar-refractivity contribution in [3.8, 4) is 5.75 Å². The third kappa shape index (κ3) is 5.43.